The Labute approximate surface area is 102 Å². The van der Waals surface area contributed by atoms with E-state index in [0.717, 1.165) is 17.4 Å². The van der Waals surface area contributed by atoms with Crippen LogP contribution in [0.5, 0.6) is 0 Å². The SMILES string of the molecule is CC(F)(F)C1CCc2c(sc(N)c2C(N)=O)C1. The number of nitrogens with two attached hydrogens (primary N) is 2. The summed E-state index contributed by atoms with van der Waals surface area (Å²) in [5.41, 5.74) is 12.1. The molecule has 0 aliphatic heterocycles. The Morgan fingerprint density at radius 2 is 2.18 bits per heavy atom. The van der Waals surface area contributed by atoms with Crippen molar-refractivity contribution < 1.29 is 13.6 Å². The molecule has 1 amide bonds. The molecule has 1 unspecified atom stereocenters. The van der Waals surface area contributed by atoms with Crippen molar-refractivity contribution in [1.29, 1.82) is 0 Å². The molecule has 1 aromatic rings. The number of carbonyl (C=O) groups is 1. The van der Waals surface area contributed by atoms with E-state index < -0.39 is 17.7 Å². The lowest BCUT2D eigenvalue weighted by atomic mass is 9.84. The van der Waals surface area contributed by atoms with Gasteiger partial charge in [0, 0.05) is 10.8 Å². The van der Waals surface area contributed by atoms with Crippen molar-refractivity contribution in [3.05, 3.63) is 16.0 Å². The molecule has 1 aliphatic rings. The molecule has 17 heavy (non-hydrogen) atoms. The zero-order valence-electron chi connectivity index (χ0n) is 9.43. The first-order valence-corrected chi connectivity index (χ1v) is 6.20. The van der Waals surface area contributed by atoms with Crippen LogP contribution >= 0.6 is 11.3 Å². The van der Waals surface area contributed by atoms with Crippen molar-refractivity contribution in [2.75, 3.05) is 5.73 Å². The average molecular weight is 260 g/mol. The molecule has 1 aliphatic carbocycles. The summed E-state index contributed by atoms with van der Waals surface area (Å²) in [6.07, 6.45) is 1.10. The number of amides is 1. The van der Waals surface area contributed by atoms with Crippen LogP contribution in [-0.4, -0.2) is 11.8 Å². The van der Waals surface area contributed by atoms with E-state index in [1.165, 1.54) is 11.3 Å². The van der Waals surface area contributed by atoms with Crippen molar-refractivity contribution in [1.82, 2.24) is 0 Å². The van der Waals surface area contributed by atoms with Crippen LogP contribution in [0.25, 0.3) is 0 Å². The number of nitrogen functional groups attached to an aromatic ring is 1. The maximum atomic E-state index is 13.2. The molecular formula is C11H14F2N2OS. The Balaban J connectivity index is 2.35. The fourth-order valence-corrected chi connectivity index (χ4v) is 3.51. The van der Waals surface area contributed by atoms with Crippen LogP contribution in [0.3, 0.4) is 0 Å². The van der Waals surface area contributed by atoms with E-state index >= 15 is 0 Å². The number of halogens is 2. The van der Waals surface area contributed by atoms with Gasteiger partial charge in [-0.3, -0.25) is 4.79 Å². The smallest absolute Gasteiger partial charge is 0.251 e. The van der Waals surface area contributed by atoms with Gasteiger partial charge < -0.3 is 11.5 Å². The molecule has 0 saturated heterocycles. The number of primary amides is 1. The number of alkyl halides is 2. The number of fused-ring (bicyclic) bond motifs is 1. The fraction of sp³-hybridized carbons (Fsp3) is 0.545. The summed E-state index contributed by atoms with van der Waals surface area (Å²) in [5, 5.41) is 0.350. The normalized spacial score (nSPS) is 20.1. The van der Waals surface area contributed by atoms with E-state index in [0.29, 0.717) is 23.4 Å². The van der Waals surface area contributed by atoms with Crippen LogP contribution in [-0.2, 0) is 12.8 Å². The van der Waals surface area contributed by atoms with E-state index in [1.54, 1.807) is 0 Å². The molecule has 1 atom stereocenters. The minimum Gasteiger partial charge on any atom is -0.390 e. The number of hydrogen-bond acceptors (Lipinski definition) is 3. The molecule has 6 heteroatoms. The molecule has 1 heterocycles. The summed E-state index contributed by atoms with van der Waals surface area (Å²) in [5.74, 6) is -3.93. The van der Waals surface area contributed by atoms with Gasteiger partial charge in [-0.2, -0.15) is 0 Å². The second-order valence-electron chi connectivity index (χ2n) is 4.50. The van der Waals surface area contributed by atoms with Crippen LogP contribution in [0.4, 0.5) is 13.8 Å². The number of carbonyl (C=O) groups excluding carboxylic acids is 1. The Morgan fingerprint density at radius 1 is 1.53 bits per heavy atom. The van der Waals surface area contributed by atoms with Crippen LogP contribution in [0.2, 0.25) is 0 Å². The highest BCUT2D eigenvalue weighted by Crippen LogP contribution is 2.42. The highest BCUT2D eigenvalue weighted by atomic mass is 32.1. The van der Waals surface area contributed by atoms with Gasteiger partial charge in [0.05, 0.1) is 10.6 Å². The number of hydrogen-bond donors (Lipinski definition) is 2. The van der Waals surface area contributed by atoms with Crippen molar-refractivity contribution in [3.63, 3.8) is 0 Å². The first-order valence-electron chi connectivity index (χ1n) is 5.38. The lowest BCUT2D eigenvalue weighted by Gasteiger charge is -2.27. The number of rotatable bonds is 2. The lowest BCUT2D eigenvalue weighted by molar-refractivity contribution is -0.0440. The third-order valence-electron chi connectivity index (χ3n) is 3.26. The van der Waals surface area contributed by atoms with Crippen LogP contribution in [0, 0.1) is 5.92 Å². The van der Waals surface area contributed by atoms with Gasteiger partial charge in [0.1, 0.15) is 0 Å². The Kier molecular flexibility index (Phi) is 2.85. The second-order valence-corrected chi connectivity index (χ2v) is 5.64. The number of anilines is 1. The van der Waals surface area contributed by atoms with Gasteiger partial charge in [-0.25, -0.2) is 8.78 Å². The highest BCUT2D eigenvalue weighted by Gasteiger charge is 2.38. The van der Waals surface area contributed by atoms with E-state index in [1.807, 2.05) is 0 Å². The minimum atomic E-state index is -2.69. The standard InChI is InChI=1S/C11H14F2N2OS/c1-11(12,13)5-2-3-6-7(4-5)17-10(15)8(6)9(14)16/h5H,2-4,15H2,1H3,(H2,14,16). The zero-order valence-corrected chi connectivity index (χ0v) is 10.2. The Hall–Kier alpha value is -1.17. The van der Waals surface area contributed by atoms with Crippen molar-refractivity contribution in [2.45, 2.75) is 32.1 Å². The van der Waals surface area contributed by atoms with Gasteiger partial charge in [-0.05, 0) is 31.7 Å². The van der Waals surface area contributed by atoms with E-state index in [2.05, 4.69) is 0 Å². The monoisotopic (exact) mass is 260 g/mol. The number of thiophene rings is 1. The molecule has 4 N–H and O–H groups in total. The predicted molar refractivity (Wildman–Crippen MR) is 63.4 cm³/mol. The average Bonchev–Trinajstić information content (AvgIpc) is 2.50. The minimum absolute atomic E-state index is 0.279. The first kappa shape index (κ1) is 12.3. The third-order valence-corrected chi connectivity index (χ3v) is 4.34. The van der Waals surface area contributed by atoms with Gasteiger partial charge in [0.15, 0.2) is 0 Å². The summed E-state index contributed by atoms with van der Waals surface area (Å²) >= 11 is 1.21. The molecule has 0 bridgehead atoms. The second kappa shape index (κ2) is 3.94. The van der Waals surface area contributed by atoms with E-state index in [9.17, 15) is 13.6 Å². The molecule has 0 saturated carbocycles. The topological polar surface area (TPSA) is 69.1 Å². The molecule has 3 nitrogen and oxygen atoms in total. The fourth-order valence-electron chi connectivity index (χ4n) is 2.31. The lowest BCUT2D eigenvalue weighted by Crippen LogP contribution is -2.30. The van der Waals surface area contributed by atoms with Crippen LogP contribution in [0.15, 0.2) is 0 Å². The van der Waals surface area contributed by atoms with Gasteiger partial charge in [0.2, 0.25) is 5.92 Å². The van der Waals surface area contributed by atoms with Crippen LogP contribution < -0.4 is 11.5 Å². The Morgan fingerprint density at radius 3 is 2.71 bits per heavy atom. The molecule has 2 rings (SSSR count). The van der Waals surface area contributed by atoms with Crippen molar-refractivity contribution in [3.8, 4) is 0 Å². The van der Waals surface area contributed by atoms with Crippen molar-refractivity contribution in [2.24, 2.45) is 11.7 Å². The summed E-state index contributed by atoms with van der Waals surface area (Å²) in [6.45, 7) is 0.939. The van der Waals surface area contributed by atoms with Gasteiger partial charge in [-0.1, -0.05) is 0 Å². The maximum Gasteiger partial charge on any atom is 0.251 e. The molecule has 0 fully saturated rings. The highest BCUT2D eigenvalue weighted by molar-refractivity contribution is 7.16. The quantitative estimate of drug-likeness (QED) is 0.855. The summed E-state index contributed by atoms with van der Waals surface area (Å²) in [6, 6.07) is 0. The molecule has 0 radical (unpaired) electrons. The Bertz CT molecular complexity index is 465. The third kappa shape index (κ3) is 2.13. The molecule has 1 aromatic heterocycles. The first-order chi connectivity index (χ1) is 7.80. The molecular weight excluding hydrogens is 246 g/mol. The van der Waals surface area contributed by atoms with Crippen LogP contribution in [0.1, 0.15) is 34.1 Å². The van der Waals surface area contributed by atoms with Gasteiger partial charge in [-0.15, -0.1) is 11.3 Å². The molecule has 0 spiro atoms. The van der Waals surface area contributed by atoms with Gasteiger partial charge in [0.25, 0.3) is 5.91 Å². The van der Waals surface area contributed by atoms with E-state index in [-0.39, 0.29) is 6.42 Å². The summed E-state index contributed by atoms with van der Waals surface area (Å²) in [7, 11) is 0. The van der Waals surface area contributed by atoms with Crippen molar-refractivity contribution >= 4 is 22.2 Å². The maximum absolute atomic E-state index is 13.2. The summed E-state index contributed by atoms with van der Waals surface area (Å²) in [4.78, 5) is 12.0. The molecule has 94 valence electrons. The van der Waals surface area contributed by atoms with Gasteiger partial charge >= 0.3 is 0 Å². The molecule has 0 aromatic carbocycles. The summed E-state index contributed by atoms with van der Waals surface area (Å²) < 4.78 is 26.5. The largest absolute Gasteiger partial charge is 0.390 e. The zero-order chi connectivity index (χ0) is 12.8. The predicted octanol–water partition coefficient (Wildman–Crippen LogP) is 2.19. The van der Waals surface area contributed by atoms with E-state index in [4.69, 9.17) is 11.5 Å².